The molecule has 0 aromatic rings. The Morgan fingerprint density at radius 3 is 2.44 bits per heavy atom. The maximum Gasteiger partial charge on any atom is 0.0566 e. The van der Waals surface area contributed by atoms with Gasteiger partial charge in [-0.3, -0.25) is 0 Å². The summed E-state index contributed by atoms with van der Waals surface area (Å²) in [6.07, 6.45) is 0.994. The van der Waals surface area contributed by atoms with Crippen molar-refractivity contribution in [3.05, 3.63) is 0 Å². The lowest BCUT2D eigenvalue weighted by Crippen LogP contribution is -2.24. The molecule has 0 radical (unpaired) electrons. The van der Waals surface area contributed by atoms with Crippen LogP contribution in [-0.4, -0.2) is 23.8 Å². The normalized spacial score (nSPS) is 17.3. The van der Waals surface area contributed by atoms with Gasteiger partial charge in [0.2, 0.25) is 0 Å². The van der Waals surface area contributed by atoms with Gasteiger partial charge in [0.15, 0.2) is 0 Å². The number of hydrogen-bond donors (Lipinski definition) is 3. The molecule has 9 heavy (non-hydrogen) atoms. The SMILES string of the molecule is CC(N)C[C@H](O)CCN. The van der Waals surface area contributed by atoms with Crippen LogP contribution in [-0.2, 0) is 0 Å². The Bertz CT molecular complexity index is 66.1. The lowest BCUT2D eigenvalue weighted by atomic mass is 10.1. The second-order valence-corrected chi connectivity index (χ2v) is 2.44. The van der Waals surface area contributed by atoms with E-state index in [1.165, 1.54) is 0 Å². The average Bonchev–Trinajstić information content (AvgIpc) is 1.63. The third-order valence-corrected chi connectivity index (χ3v) is 1.14. The molecule has 0 aromatic heterocycles. The lowest BCUT2D eigenvalue weighted by molar-refractivity contribution is 0.150. The van der Waals surface area contributed by atoms with Gasteiger partial charge in [-0.05, 0) is 26.3 Å². The topological polar surface area (TPSA) is 72.3 Å². The van der Waals surface area contributed by atoms with Gasteiger partial charge in [0.05, 0.1) is 6.10 Å². The molecule has 3 nitrogen and oxygen atoms in total. The van der Waals surface area contributed by atoms with Crippen LogP contribution in [0, 0.1) is 0 Å². The van der Waals surface area contributed by atoms with Gasteiger partial charge < -0.3 is 16.6 Å². The zero-order valence-corrected chi connectivity index (χ0v) is 5.88. The van der Waals surface area contributed by atoms with E-state index in [0.717, 1.165) is 0 Å². The molecule has 0 aliphatic carbocycles. The Labute approximate surface area is 56.0 Å². The van der Waals surface area contributed by atoms with Crippen molar-refractivity contribution in [1.82, 2.24) is 0 Å². The molecule has 0 fully saturated rings. The summed E-state index contributed by atoms with van der Waals surface area (Å²) in [5.74, 6) is 0. The van der Waals surface area contributed by atoms with E-state index in [-0.39, 0.29) is 12.1 Å². The van der Waals surface area contributed by atoms with Gasteiger partial charge in [-0.2, -0.15) is 0 Å². The quantitative estimate of drug-likeness (QED) is 0.480. The van der Waals surface area contributed by atoms with Crippen molar-refractivity contribution in [3.63, 3.8) is 0 Å². The van der Waals surface area contributed by atoms with Gasteiger partial charge in [0, 0.05) is 6.04 Å². The molecule has 0 bridgehead atoms. The van der Waals surface area contributed by atoms with E-state index in [2.05, 4.69) is 0 Å². The minimum Gasteiger partial charge on any atom is -0.393 e. The molecule has 0 heterocycles. The summed E-state index contributed by atoms with van der Waals surface area (Å²) in [6.45, 7) is 2.41. The van der Waals surface area contributed by atoms with Crippen molar-refractivity contribution in [1.29, 1.82) is 0 Å². The molecule has 0 aliphatic rings. The number of aliphatic hydroxyl groups is 1. The second-order valence-electron chi connectivity index (χ2n) is 2.44. The molecule has 0 aromatic carbocycles. The van der Waals surface area contributed by atoms with E-state index in [9.17, 15) is 0 Å². The summed E-state index contributed by atoms with van der Waals surface area (Å²) in [4.78, 5) is 0. The molecule has 0 spiro atoms. The summed E-state index contributed by atoms with van der Waals surface area (Å²) in [5, 5.41) is 9.06. The minimum absolute atomic E-state index is 0.0755. The monoisotopic (exact) mass is 132 g/mol. The van der Waals surface area contributed by atoms with E-state index in [1.807, 2.05) is 6.92 Å². The van der Waals surface area contributed by atoms with Crippen LogP contribution in [0.1, 0.15) is 19.8 Å². The average molecular weight is 132 g/mol. The molecule has 0 saturated carbocycles. The van der Waals surface area contributed by atoms with Crippen LogP contribution >= 0.6 is 0 Å². The highest BCUT2D eigenvalue weighted by atomic mass is 16.3. The fourth-order valence-electron chi connectivity index (χ4n) is 0.739. The van der Waals surface area contributed by atoms with Crippen LogP contribution in [0.2, 0.25) is 0 Å². The first-order valence-corrected chi connectivity index (χ1v) is 3.30. The van der Waals surface area contributed by atoms with Crippen molar-refractivity contribution in [2.24, 2.45) is 11.5 Å². The molecule has 5 N–H and O–H groups in total. The molecule has 1 unspecified atom stereocenters. The molecule has 3 heteroatoms. The third-order valence-electron chi connectivity index (χ3n) is 1.14. The van der Waals surface area contributed by atoms with Crippen molar-refractivity contribution >= 4 is 0 Å². The molecule has 0 amide bonds. The Hall–Kier alpha value is -0.120. The molecule has 2 atom stereocenters. The number of rotatable bonds is 4. The van der Waals surface area contributed by atoms with E-state index < -0.39 is 0 Å². The fraction of sp³-hybridized carbons (Fsp3) is 1.00. The van der Waals surface area contributed by atoms with E-state index in [1.54, 1.807) is 0 Å². The maximum atomic E-state index is 9.06. The van der Waals surface area contributed by atoms with Gasteiger partial charge in [-0.1, -0.05) is 0 Å². The van der Waals surface area contributed by atoms with Crippen LogP contribution in [0.5, 0.6) is 0 Å². The standard InChI is InChI=1S/C6H16N2O/c1-5(8)4-6(9)2-3-7/h5-6,9H,2-4,7-8H2,1H3/t5?,6-/m1/s1. The zero-order valence-electron chi connectivity index (χ0n) is 5.88. The first-order valence-electron chi connectivity index (χ1n) is 3.30. The van der Waals surface area contributed by atoms with Gasteiger partial charge >= 0.3 is 0 Å². The van der Waals surface area contributed by atoms with E-state index in [0.29, 0.717) is 19.4 Å². The number of nitrogens with two attached hydrogens (primary N) is 2. The molecule has 0 saturated heterocycles. The third kappa shape index (κ3) is 5.76. The highest BCUT2D eigenvalue weighted by molar-refractivity contribution is 4.62. The number of aliphatic hydroxyl groups excluding tert-OH is 1. The minimum atomic E-state index is -0.310. The van der Waals surface area contributed by atoms with Gasteiger partial charge in [0.25, 0.3) is 0 Å². The highest BCUT2D eigenvalue weighted by Gasteiger charge is 2.04. The van der Waals surface area contributed by atoms with Crippen LogP contribution in [0.3, 0.4) is 0 Å². The van der Waals surface area contributed by atoms with Gasteiger partial charge in [-0.15, -0.1) is 0 Å². The Balaban J connectivity index is 3.15. The van der Waals surface area contributed by atoms with Crippen LogP contribution in [0.15, 0.2) is 0 Å². The van der Waals surface area contributed by atoms with Gasteiger partial charge in [0.1, 0.15) is 0 Å². The largest absolute Gasteiger partial charge is 0.393 e. The summed E-state index contributed by atoms with van der Waals surface area (Å²) in [6, 6.07) is 0.0755. The summed E-state index contributed by atoms with van der Waals surface area (Å²) >= 11 is 0. The first-order chi connectivity index (χ1) is 4.16. The van der Waals surface area contributed by atoms with Crippen molar-refractivity contribution in [3.8, 4) is 0 Å². The number of hydrogen-bond acceptors (Lipinski definition) is 3. The van der Waals surface area contributed by atoms with Crippen LogP contribution < -0.4 is 11.5 Å². The van der Waals surface area contributed by atoms with E-state index in [4.69, 9.17) is 16.6 Å². The van der Waals surface area contributed by atoms with Crippen LogP contribution in [0.4, 0.5) is 0 Å². The van der Waals surface area contributed by atoms with E-state index >= 15 is 0 Å². The zero-order chi connectivity index (χ0) is 7.28. The molecule has 0 aliphatic heterocycles. The molecule has 0 rings (SSSR count). The Morgan fingerprint density at radius 1 is 1.56 bits per heavy atom. The highest BCUT2D eigenvalue weighted by Crippen LogP contribution is 1.97. The maximum absolute atomic E-state index is 9.06. The Morgan fingerprint density at radius 2 is 2.11 bits per heavy atom. The fourth-order valence-corrected chi connectivity index (χ4v) is 0.739. The lowest BCUT2D eigenvalue weighted by Gasteiger charge is -2.10. The summed E-state index contributed by atoms with van der Waals surface area (Å²) in [5.41, 5.74) is 10.6. The first kappa shape index (κ1) is 8.88. The molecule has 56 valence electrons. The smallest absolute Gasteiger partial charge is 0.0566 e. The summed E-state index contributed by atoms with van der Waals surface area (Å²) in [7, 11) is 0. The molecular weight excluding hydrogens is 116 g/mol. The van der Waals surface area contributed by atoms with Crippen molar-refractivity contribution < 1.29 is 5.11 Å². The predicted molar refractivity (Wildman–Crippen MR) is 37.9 cm³/mol. The van der Waals surface area contributed by atoms with Crippen LogP contribution in [0.25, 0.3) is 0 Å². The Kier molecular flexibility index (Phi) is 4.67. The molecular formula is C6H16N2O. The van der Waals surface area contributed by atoms with Gasteiger partial charge in [-0.25, -0.2) is 0 Å². The second kappa shape index (κ2) is 4.73. The summed E-state index contributed by atoms with van der Waals surface area (Å²) < 4.78 is 0. The predicted octanol–water partition coefficient (Wildman–Crippen LogP) is -0.567. The van der Waals surface area contributed by atoms with Crippen molar-refractivity contribution in [2.75, 3.05) is 6.54 Å². The van der Waals surface area contributed by atoms with Crippen molar-refractivity contribution in [2.45, 2.75) is 31.9 Å².